The molecule has 1 saturated heterocycles. The number of carbonyl (C=O) groups excluding carboxylic acids is 1. The van der Waals surface area contributed by atoms with Gasteiger partial charge in [-0.3, -0.25) is 9.69 Å². The molecule has 7 heteroatoms. The van der Waals surface area contributed by atoms with Gasteiger partial charge < -0.3 is 15.4 Å². The molecule has 3 rings (SSSR count). The van der Waals surface area contributed by atoms with Crippen molar-refractivity contribution >= 4 is 23.2 Å². The molecule has 1 amide bonds. The van der Waals surface area contributed by atoms with Crippen LogP contribution in [0.15, 0.2) is 42.6 Å². The maximum Gasteiger partial charge on any atom is 0.270 e. The normalized spacial score (nSPS) is 14.8. The van der Waals surface area contributed by atoms with E-state index in [1.54, 1.807) is 18.3 Å². The van der Waals surface area contributed by atoms with Gasteiger partial charge in [-0.15, -0.1) is 0 Å². The SMILES string of the molecule is O=C(NCc1ccccc1Cl)c1ccc(NCCN2CCOCC2)cn1. The van der Waals surface area contributed by atoms with E-state index >= 15 is 0 Å². The molecule has 0 saturated carbocycles. The van der Waals surface area contributed by atoms with E-state index in [0.717, 1.165) is 50.6 Å². The number of aromatic nitrogens is 1. The standard InChI is InChI=1S/C19H23ClN4O2/c20-17-4-2-1-3-15(17)13-23-19(25)18-6-5-16(14-22-18)21-7-8-24-9-11-26-12-10-24/h1-6,14,21H,7-13H2,(H,23,25). The summed E-state index contributed by atoms with van der Waals surface area (Å²) in [6.07, 6.45) is 1.68. The van der Waals surface area contributed by atoms with Crippen LogP contribution in [-0.2, 0) is 11.3 Å². The molecule has 2 heterocycles. The fourth-order valence-corrected chi connectivity index (χ4v) is 2.93. The second-order valence-corrected chi connectivity index (χ2v) is 6.49. The minimum atomic E-state index is -0.218. The number of benzene rings is 1. The zero-order valence-electron chi connectivity index (χ0n) is 14.6. The van der Waals surface area contributed by atoms with Gasteiger partial charge in [-0.25, -0.2) is 4.98 Å². The molecular formula is C19H23ClN4O2. The van der Waals surface area contributed by atoms with Crippen LogP contribution in [0, 0.1) is 0 Å². The van der Waals surface area contributed by atoms with Gasteiger partial charge in [-0.2, -0.15) is 0 Å². The second kappa shape index (κ2) is 9.52. The van der Waals surface area contributed by atoms with Crippen LogP contribution in [0.3, 0.4) is 0 Å². The molecule has 1 aliphatic heterocycles. The second-order valence-electron chi connectivity index (χ2n) is 6.09. The molecule has 0 atom stereocenters. The Morgan fingerprint density at radius 2 is 2.00 bits per heavy atom. The monoisotopic (exact) mass is 374 g/mol. The van der Waals surface area contributed by atoms with Crippen molar-refractivity contribution in [3.05, 3.63) is 58.9 Å². The van der Waals surface area contributed by atoms with Crippen LogP contribution < -0.4 is 10.6 Å². The Bertz CT molecular complexity index is 718. The van der Waals surface area contributed by atoms with E-state index < -0.39 is 0 Å². The van der Waals surface area contributed by atoms with E-state index in [1.165, 1.54) is 0 Å². The van der Waals surface area contributed by atoms with Crippen LogP contribution in [0.5, 0.6) is 0 Å². The van der Waals surface area contributed by atoms with Crippen molar-refractivity contribution in [3.63, 3.8) is 0 Å². The molecule has 1 aliphatic rings. The number of amides is 1. The number of hydrogen-bond acceptors (Lipinski definition) is 5. The lowest BCUT2D eigenvalue weighted by Crippen LogP contribution is -2.39. The van der Waals surface area contributed by atoms with Crippen molar-refractivity contribution < 1.29 is 9.53 Å². The van der Waals surface area contributed by atoms with Crippen LogP contribution in [-0.4, -0.2) is 55.2 Å². The molecule has 2 aromatic rings. The molecule has 0 unspecified atom stereocenters. The van der Waals surface area contributed by atoms with Crippen molar-refractivity contribution in [1.29, 1.82) is 0 Å². The van der Waals surface area contributed by atoms with Gasteiger partial charge >= 0.3 is 0 Å². The third-order valence-corrected chi connectivity index (χ3v) is 4.62. The van der Waals surface area contributed by atoms with Crippen LogP contribution in [0.4, 0.5) is 5.69 Å². The lowest BCUT2D eigenvalue weighted by Gasteiger charge is -2.26. The molecule has 1 aromatic heterocycles. The molecule has 26 heavy (non-hydrogen) atoms. The molecule has 138 valence electrons. The summed E-state index contributed by atoms with van der Waals surface area (Å²) in [4.78, 5) is 18.8. The topological polar surface area (TPSA) is 66.5 Å². The van der Waals surface area contributed by atoms with Crippen LogP contribution in [0.2, 0.25) is 5.02 Å². The third-order valence-electron chi connectivity index (χ3n) is 4.25. The summed E-state index contributed by atoms with van der Waals surface area (Å²) in [7, 11) is 0. The lowest BCUT2D eigenvalue weighted by molar-refractivity contribution is 0.0398. The summed E-state index contributed by atoms with van der Waals surface area (Å²) < 4.78 is 5.34. The summed E-state index contributed by atoms with van der Waals surface area (Å²) in [5.41, 5.74) is 2.17. The van der Waals surface area contributed by atoms with Crippen molar-refractivity contribution in [3.8, 4) is 0 Å². The molecular weight excluding hydrogens is 352 g/mol. The van der Waals surface area contributed by atoms with E-state index in [1.807, 2.05) is 24.3 Å². The molecule has 0 radical (unpaired) electrons. The minimum absolute atomic E-state index is 0.218. The van der Waals surface area contributed by atoms with Gasteiger partial charge in [0.25, 0.3) is 5.91 Å². The highest BCUT2D eigenvalue weighted by atomic mass is 35.5. The molecule has 1 fully saturated rings. The predicted octanol–water partition coefficient (Wildman–Crippen LogP) is 2.41. The molecule has 0 spiro atoms. The van der Waals surface area contributed by atoms with Crippen molar-refractivity contribution in [2.24, 2.45) is 0 Å². The van der Waals surface area contributed by atoms with E-state index in [9.17, 15) is 4.79 Å². The predicted molar refractivity (Wildman–Crippen MR) is 103 cm³/mol. The Labute approximate surface area is 158 Å². The fraction of sp³-hybridized carbons (Fsp3) is 0.368. The number of nitrogens with zero attached hydrogens (tertiary/aromatic N) is 2. The van der Waals surface area contributed by atoms with Gasteiger partial charge in [0.1, 0.15) is 5.69 Å². The van der Waals surface area contributed by atoms with E-state index in [2.05, 4.69) is 20.5 Å². The van der Waals surface area contributed by atoms with E-state index in [-0.39, 0.29) is 5.91 Å². The summed E-state index contributed by atoms with van der Waals surface area (Å²) in [5, 5.41) is 6.81. The van der Waals surface area contributed by atoms with Crippen molar-refractivity contribution in [1.82, 2.24) is 15.2 Å². The van der Waals surface area contributed by atoms with Gasteiger partial charge in [-0.05, 0) is 23.8 Å². The average Bonchev–Trinajstić information content (AvgIpc) is 2.68. The van der Waals surface area contributed by atoms with Gasteiger partial charge in [0, 0.05) is 37.7 Å². The van der Waals surface area contributed by atoms with Crippen LogP contribution in [0.1, 0.15) is 16.1 Å². The Hall–Kier alpha value is -2.15. The van der Waals surface area contributed by atoms with Gasteiger partial charge in [-0.1, -0.05) is 29.8 Å². The first kappa shape index (κ1) is 18.6. The van der Waals surface area contributed by atoms with Crippen molar-refractivity contribution in [2.45, 2.75) is 6.54 Å². The average molecular weight is 375 g/mol. The first-order valence-electron chi connectivity index (χ1n) is 8.74. The van der Waals surface area contributed by atoms with E-state index in [0.29, 0.717) is 17.3 Å². The minimum Gasteiger partial charge on any atom is -0.383 e. The Balaban J connectivity index is 1.44. The number of nitrogens with one attached hydrogen (secondary N) is 2. The molecule has 1 aromatic carbocycles. The lowest BCUT2D eigenvalue weighted by atomic mass is 10.2. The largest absolute Gasteiger partial charge is 0.383 e. The Kier molecular flexibility index (Phi) is 6.82. The zero-order chi connectivity index (χ0) is 18.2. The Morgan fingerprint density at radius 1 is 1.19 bits per heavy atom. The number of morpholine rings is 1. The number of ether oxygens (including phenoxy) is 1. The Morgan fingerprint density at radius 3 is 2.73 bits per heavy atom. The van der Waals surface area contributed by atoms with Gasteiger partial charge in [0.2, 0.25) is 0 Å². The smallest absolute Gasteiger partial charge is 0.270 e. The van der Waals surface area contributed by atoms with Gasteiger partial charge in [0.15, 0.2) is 0 Å². The summed E-state index contributed by atoms with van der Waals surface area (Å²) >= 11 is 6.09. The number of hydrogen-bond donors (Lipinski definition) is 2. The highest BCUT2D eigenvalue weighted by molar-refractivity contribution is 6.31. The zero-order valence-corrected chi connectivity index (χ0v) is 15.3. The quantitative estimate of drug-likeness (QED) is 0.779. The number of pyridine rings is 1. The first-order valence-corrected chi connectivity index (χ1v) is 9.12. The number of rotatable bonds is 7. The summed E-state index contributed by atoms with van der Waals surface area (Å²) in [5.74, 6) is -0.218. The van der Waals surface area contributed by atoms with Crippen molar-refractivity contribution in [2.75, 3.05) is 44.7 Å². The summed E-state index contributed by atoms with van der Waals surface area (Å²) in [6, 6.07) is 11.0. The first-order chi connectivity index (χ1) is 12.7. The molecule has 2 N–H and O–H groups in total. The molecule has 0 bridgehead atoms. The van der Waals surface area contributed by atoms with Gasteiger partial charge in [0.05, 0.1) is 25.1 Å². The maximum atomic E-state index is 12.2. The third kappa shape index (κ3) is 5.42. The molecule has 0 aliphatic carbocycles. The highest BCUT2D eigenvalue weighted by Gasteiger charge is 2.10. The molecule has 6 nitrogen and oxygen atoms in total. The number of carbonyl (C=O) groups is 1. The van der Waals surface area contributed by atoms with E-state index in [4.69, 9.17) is 16.3 Å². The van der Waals surface area contributed by atoms with Crippen LogP contribution in [0.25, 0.3) is 0 Å². The number of halogens is 1. The fourth-order valence-electron chi connectivity index (χ4n) is 2.72. The maximum absolute atomic E-state index is 12.2. The van der Waals surface area contributed by atoms with Crippen LogP contribution >= 0.6 is 11.6 Å². The summed E-state index contributed by atoms with van der Waals surface area (Å²) in [6.45, 7) is 5.73. The highest BCUT2D eigenvalue weighted by Crippen LogP contribution is 2.14. The number of anilines is 1.